The molecule has 1 saturated carbocycles. The van der Waals surface area contributed by atoms with Gasteiger partial charge in [-0.05, 0) is 74.3 Å². The number of nitrogens with two attached hydrogens (primary N) is 1. The molecule has 1 heterocycles. The fraction of sp³-hybridized carbons (Fsp3) is 0.382. The number of anilines is 1. The second kappa shape index (κ2) is 12.2. The first-order valence-electron chi connectivity index (χ1n) is 14.6. The molecule has 1 aliphatic heterocycles. The van der Waals surface area contributed by atoms with Crippen molar-refractivity contribution in [3.8, 4) is 0 Å². The predicted octanol–water partition coefficient (Wildman–Crippen LogP) is 5.85. The molecule has 3 atom stereocenters. The molecular weight excluding hydrogens is 512 g/mol. The average Bonchev–Trinajstić information content (AvgIpc) is 3.33. The summed E-state index contributed by atoms with van der Waals surface area (Å²) >= 11 is 0. The van der Waals surface area contributed by atoms with Crippen LogP contribution in [0.2, 0.25) is 0 Å². The van der Waals surface area contributed by atoms with Crippen LogP contribution >= 0.6 is 0 Å². The van der Waals surface area contributed by atoms with Gasteiger partial charge in [0.2, 0.25) is 11.8 Å². The van der Waals surface area contributed by atoms with Gasteiger partial charge >= 0.3 is 6.03 Å². The van der Waals surface area contributed by atoms with Crippen LogP contribution in [0, 0.1) is 6.92 Å². The molecule has 0 radical (unpaired) electrons. The Kier molecular flexibility index (Phi) is 8.43. The lowest BCUT2D eigenvalue weighted by Gasteiger charge is -2.36. The highest BCUT2D eigenvalue weighted by Crippen LogP contribution is 2.41. The first kappa shape index (κ1) is 28.4. The number of benzene rings is 3. The van der Waals surface area contributed by atoms with E-state index in [4.69, 9.17) is 5.73 Å². The molecule has 3 unspecified atom stereocenters. The third kappa shape index (κ3) is 6.45. The summed E-state index contributed by atoms with van der Waals surface area (Å²) in [6, 6.07) is 25.5. The summed E-state index contributed by atoms with van der Waals surface area (Å²) in [5.74, 6) is -0.506. The van der Waals surface area contributed by atoms with E-state index in [2.05, 4.69) is 24.4 Å². The molecule has 3 N–H and O–H groups in total. The highest BCUT2D eigenvalue weighted by atomic mass is 16.2. The number of hydrogen-bond donors (Lipinski definition) is 2. The summed E-state index contributed by atoms with van der Waals surface area (Å²) in [7, 11) is 0. The Hall–Kier alpha value is -4.13. The van der Waals surface area contributed by atoms with E-state index in [0.29, 0.717) is 18.5 Å². The largest absolute Gasteiger partial charge is 0.351 e. The zero-order chi connectivity index (χ0) is 29.0. The Labute approximate surface area is 242 Å². The molecule has 0 spiro atoms. The topological polar surface area (TPSA) is 95.7 Å². The number of amides is 4. The van der Waals surface area contributed by atoms with Gasteiger partial charge in [-0.15, -0.1) is 0 Å². The molecule has 3 aromatic carbocycles. The van der Waals surface area contributed by atoms with Crippen molar-refractivity contribution in [2.75, 3.05) is 11.4 Å². The highest BCUT2D eigenvalue weighted by molar-refractivity contribution is 6.00. The lowest BCUT2D eigenvalue weighted by Crippen LogP contribution is -2.55. The van der Waals surface area contributed by atoms with Crippen LogP contribution in [0.25, 0.3) is 0 Å². The minimum atomic E-state index is -0.872. The molecule has 2 aliphatic rings. The summed E-state index contributed by atoms with van der Waals surface area (Å²) in [4.78, 5) is 44.4. The second-order valence-corrected chi connectivity index (χ2v) is 11.9. The molecular formula is C34H40N4O3. The molecule has 0 aromatic heterocycles. The Morgan fingerprint density at radius 3 is 2.17 bits per heavy atom. The van der Waals surface area contributed by atoms with Gasteiger partial charge in [0.1, 0.15) is 12.6 Å². The number of carbonyl (C=O) groups is 3. The molecule has 41 heavy (non-hydrogen) atoms. The van der Waals surface area contributed by atoms with E-state index in [1.165, 1.54) is 4.90 Å². The van der Waals surface area contributed by atoms with Crippen molar-refractivity contribution in [1.82, 2.24) is 10.2 Å². The van der Waals surface area contributed by atoms with Gasteiger partial charge < -0.3 is 16.0 Å². The van der Waals surface area contributed by atoms with E-state index in [0.717, 1.165) is 42.4 Å². The fourth-order valence-corrected chi connectivity index (χ4v) is 6.65. The van der Waals surface area contributed by atoms with Gasteiger partial charge in [0.15, 0.2) is 0 Å². The highest BCUT2D eigenvalue weighted by Gasteiger charge is 2.43. The molecule has 3 aromatic rings. The van der Waals surface area contributed by atoms with Crippen LogP contribution in [0.15, 0.2) is 84.9 Å². The van der Waals surface area contributed by atoms with Crippen molar-refractivity contribution < 1.29 is 14.4 Å². The number of nitrogens with zero attached hydrogens (tertiary/aromatic N) is 2. The van der Waals surface area contributed by atoms with Gasteiger partial charge in [0.05, 0.1) is 6.04 Å². The van der Waals surface area contributed by atoms with Crippen molar-refractivity contribution >= 4 is 23.5 Å². The summed E-state index contributed by atoms with van der Waals surface area (Å²) in [6.45, 7) is 3.93. The Morgan fingerprint density at radius 2 is 1.56 bits per heavy atom. The van der Waals surface area contributed by atoms with Crippen molar-refractivity contribution in [2.45, 2.75) is 75.9 Å². The minimum Gasteiger partial charge on any atom is -0.351 e. The third-order valence-electron chi connectivity index (χ3n) is 8.71. The van der Waals surface area contributed by atoms with E-state index in [1.54, 1.807) is 11.0 Å². The Bertz CT molecular complexity index is 1370. The molecule has 1 aliphatic carbocycles. The van der Waals surface area contributed by atoms with E-state index in [1.807, 2.05) is 73.7 Å². The van der Waals surface area contributed by atoms with E-state index in [-0.39, 0.29) is 35.9 Å². The zero-order valence-corrected chi connectivity index (χ0v) is 24.0. The van der Waals surface area contributed by atoms with Gasteiger partial charge in [0, 0.05) is 11.2 Å². The van der Waals surface area contributed by atoms with Crippen LogP contribution < -0.4 is 16.0 Å². The second-order valence-electron chi connectivity index (χ2n) is 11.9. The molecule has 0 bridgehead atoms. The van der Waals surface area contributed by atoms with Gasteiger partial charge in [-0.2, -0.15) is 0 Å². The minimum absolute atomic E-state index is 0.0533. The summed E-state index contributed by atoms with van der Waals surface area (Å²) in [6.07, 6.45) is 5.01. The van der Waals surface area contributed by atoms with Crippen LogP contribution in [0.5, 0.6) is 0 Å². The monoisotopic (exact) mass is 552 g/mol. The van der Waals surface area contributed by atoms with Gasteiger partial charge in [-0.1, -0.05) is 85.6 Å². The number of carbonyl (C=O) groups excluding carboxylic acids is 3. The standard InChI is InChI=1S/C34H40N4O3/c1-24-12-11-17-28(20-24)38(33(35)41)30-22-27(25-13-5-3-6-14-25)21-29(26-15-7-4-8-16-26)37(32(30)40)23-31(39)36-34(2)18-9-10-19-34/h3-8,11-17,20,27,29-30H,9-10,18-19,21-23H2,1-2H3,(H2,35,41)(H,36,39). The normalized spacial score (nSPS) is 22.1. The number of primary amides is 1. The van der Waals surface area contributed by atoms with Crippen molar-refractivity contribution in [2.24, 2.45) is 5.73 Å². The maximum absolute atomic E-state index is 14.7. The van der Waals surface area contributed by atoms with Gasteiger partial charge in [-0.25, -0.2) is 4.79 Å². The lowest BCUT2D eigenvalue weighted by atomic mass is 9.86. The van der Waals surface area contributed by atoms with Crippen molar-refractivity contribution in [3.05, 3.63) is 102 Å². The lowest BCUT2D eigenvalue weighted by molar-refractivity contribution is -0.139. The maximum Gasteiger partial charge on any atom is 0.320 e. The van der Waals surface area contributed by atoms with Crippen LogP contribution in [-0.2, 0) is 9.59 Å². The fourth-order valence-electron chi connectivity index (χ4n) is 6.65. The molecule has 4 amide bonds. The summed E-state index contributed by atoms with van der Waals surface area (Å²) < 4.78 is 0. The van der Waals surface area contributed by atoms with E-state index in [9.17, 15) is 14.4 Å². The number of urea groups is 1. The summed E-state index contributed by atoms with van der Waals surface area (Å²) in [5.41, 5.74) is 9.32. The van der Waals surface area contributed by atoms with Crippen LogP contribution in [0.1, 0.15) is 74.1 Å². The molecule has 7 nitrogen and oxygen atoms in total. The van der Waals surface area contributed by atoms with Crippen LogP contribution in [0.3, 0.4) is 0 Å². The quantitative estimate of drug-likeness (QED) is 0.385. The van der Waals surface area contributed by atoms with Crippen molar-refractivity contribution in [1.29, 1.82) is 0 Å². The number of likely N-dealkylation sites (tertiary alicyclic amines) is 1. The molecule has 2 fully saturated rings. The summed E-state index contributed by atoms with van der Waals surface area (Å²) in [5, 5.41) is 3.23. The number of rotatable bonds is 7. The van der Waals surface area contributed by atoms with Gasteiger partial charge in [0.25, 0.3) is 0 Å². The van der Waals surface area contributed by atoms with Crippen molar-refractivity contribution in [3.63, 3.8) is 0 Å². The van der Waals surface area contributed by atoms with E-state index < -0.39 is 12.1 Å². The molecule has 1 saturated heterocycles. The predicted molar refractivity (Wildman–Crippen MR) is 161 cm³/mol. The average molecular weight is 553 g/mol. The first-order chi connectivity index (χ1) is 19.7. The number of nitrogens with one attached hydrogen (secondary N) is 1. The zero-order valence-electron chi connectivity index (χ0n) is 24.0. The third-order valence-corrected chi connectivity index (χ3v) is 8.71. The van der Waals surface area contributed by atoms with E-state index >= 15 is 0 Å². The van der Waals surface area contributed by atoms with Crippen LogP contribution in [0.4, 0.5) is 10.5 Å². The Balaban J connectivity index is 1.59. The maximum atomic E-state index is 14.7. The molecule has 5 rings (SSSR count). The first-order valence-corrected chi connectivity index (χ1v) is 14.6. The van der Waals surface area contributed by atoms with Gasteiger partial charge in [-0.3, -0.25) is 14.5 Å². The Morgan fingerprint density at radius 1 is 0.927 bits per heavy atom. The number of aryl methyl sites for hydroxylation is 1. The van der Waals surface area contributed by atoms with Crippen LogP contribution in [-0.4, -0.2) is 40.9 Å². The smallest absolute Gasteiger partial charge is 0.320 e. The molecule has 7 heteroatoms. The number of hydrogen-bond acceptors (Lipinski definition) is 3. The SMILES string of the molecule is Cc1cccc(N(C(N)=O)C2CC(c3ccccc3)CC(c3ccccc3)N(CC(=O)NC3(C)CCCC3)C2=O)c1. The molecule has 214 valence electrons.